The number of carbonyl (C=O) groups excluding carboxylic acids is 2. The van der Waals surface area contributed by atoms with Crippen LogP contribution in [0.2, 0.25) is 0 Å². The fourth-order valence-electron chi connectivity index (χ4n) is 5.43. The second-order valence-electron chi connectivity index (χ2n) is 9.69. The molecule has 2 fully saturated rings. The highest BCUT2D eigenvalue weighted by Crippen LogP contribution is 2.44. The minimum absolute atomic E-state index is 0.0402. The van der Waals surface area contributed by atoms with E-state index in [0.717, 1.165) is 47.9 Å². The van der Waals surface area contributed by atoms with Crippen molar-refractivity contribution in [3.63, 3.8) is 0 Å². The van der Waals surface area contributed by atoms with Crippen LogP contribution < -0.4 is 10.6 Å². The molecule has 2 aromatic rings. The molecule has 0 saturated heterocycles. The molecule has 0 aromatic heterocycles. The van der Waals surface area contributed by atoms with Gasteiger partial charge in [0.2, 0.25) is 5.91 Å². The Balaban J connectivity index is 1.20. The first kappa shape index (κ1) is 22.4. The van der Waals surface area contributed by atoms with Gasteiger partial charge < -0.3 is 20.5 Å². The molecule has 3 atom stereocenters. The van der Waals surface area contributed by atoms with E-state index in [1.165, 1.54) is 0 Å². The Labute approximate surface area is 198 Å². The van der Waals surface area contributed by atoms with Gasteiger partial charge in [-0.1, -0.05) is 55.0 Å². The molecule has 3 aliphatic rings. The molecule has 3 N–H and O–H groups in total. The first-order chi connectivity index (χ1) is 16.5. The van der Waals surface area contributed by atoms with Crippen LogP contribution in [0.1, 0.15) is 55.6 Å². The summed E-state index contributed by atoms with van der Waals surface area (Å²) >= 11 is 0. The SMILES string of the molecule is O=C(NC(C(=O)N[C@@H]1CCC[C@@H](C(=O)O)C1)C1CC1)OCC1c2ccccc2-c2ccccc21. The molecular formula is C27H30N2O5. The third-order valence-electron chi connectivity index (χ3n) is 7.36. The Hall–Kier alpha value is -3.35. The normalized spacial score (nSPS) is 22.2. The van der Waals surface area contributed by atoms with Crippen molar-refractivity contribution in [3.05, 3.63) is 59.7 Å². The van der Waals surface area contributed by atoms with E-state index < -0.39 is 24.0 Å². The van der Waals surface area contributed by atoms with Crippen LogP contribution in [0.25, 0.3) is 11.1 Å². The summed E-state index contributed by atoms with van der Waals surface area (Å²) in [6.45, 7) is 0.196. The van der Waals surface area contributed by atoms with Crippen molar-refractivity contribution in [2.45, 2.75) is 56.5 Å². The molecule has 2 aromatic carbocycles. The van der Waals surface area contributed by atoms with E-state index in [2.05, 4.69) is 34.9 Å². The highest BCUT2D eigenvalue weighted by Gasteiger charge is 2.39. The third kappa shape index (κ3) is 4.65. The summed E-state index contributed by atoms with van der Waals surface area (Å²) in [5, 5.41) is 15.1. The molecular weight excluding hydrogens is 432 g/mol. The molecule has 0 aliphatic heterocycles. The lowest BCUT2D eigenvalue weighted by Gasteiger charge is -2.29. The molecule has 34 heavy (non-hydrogen) atoms. The third-order valence-corrected chi connectivity index (χ3v) is 7.36. The van der Waals surface area contributed by atoms with E-state index >= 15 is 0 Å². The van der Waals surface area contributed by atoms with Gasteiger partial charge in [0.15, 0.2) is 0 Å². The molecule has 0 heterocycles. The molecule has 1 unspecified atom stereocenters. The molecule has 178 valence electrons. The van der Waals surface area contributed by atoms with E-state index in [9.17, 15) is 19.5 Å². The van der Waals surface area contributed by atoms with Gasteiger partial charge in [0.25, 0.3) is 0 Å². The van der Waals surface area contributed by atoms with Gasteiger partial charge in [-0.15, -0.1) is 0 Å². The predicted octanol–water partition coefficient (Wildman–Crippen LogP) is 4.06. The molecule has 3 aliphatic carbocycles. The number of fused-ring (bicyclic) bond motifs is 3. The monoisotopic (exact) mass is 462 g/mol. The number of aliphatic carboxylic acids is 1. The zero-order valence-electron chi connectivity index (χ0n) is 19.0. The number of nitrogens with one attached hydrogen (secondary N) is 2. The number of rotatable bonds is 7. The molecule has 2 amide bonds. The summed E-state index contributed by atoms with van der Waals surface area (Å²) in [7, 11) is 0. The fourth-order valence-corrected chi connectivity index (χ4v) is 5.43. The molecule has 0 bridgehead atoms. The second kappa shape index (κ2) is 9.49. The molecule has 0 radical (unpaired) electrons. The lowest BCUT2D eigenvalue weighted by Crippen LogP contribution is -2.52. The van der Waals surface area contributed by atoms with Crippen molar-refractivity contribution >= 4 is 18.0 Å². The number of alkyl carbamates (subject to hydrolysis) is 1. The Morgan fingerprint density at radius 1 is 0.941 bits per heavy atom. The van der Waals surface area contributed by atoms with Gasteiger partial charge in [-0.25, -0.2) is 4.79 Å². The van der Waals surface area contributed by atoms with Gasteiger partial charge in [-0.2, -0.15) is 0 Å². The highest BCUT2D eigenvalue weighted by molar-refractivity contribution is 5.86. The summed E-state index contributed by atoms with van der Waals surface area (Å²) in [4.78, 5) is 37.0. The number of ether oxygens (including phenoxy) is 1. The van der Waals surface area contributed by atoms with Gasteiger partial charge in [-0.3, -0.25) is 9.59 Å². The topological polar surface area (TPSA) is 105 Å². The number of hydrogen-bond donors (Lipinski definition) is 3. The van der Waals surface area contributed by atoms with Gasteiger partial charge in [0.1, 0.15) is 12.6 Å². The van der Waals surface area contributed by atoms with Crippen LogP contribution >= 0.6 is 0 Å². The van der Waals surface area contributed by atoms with Gasteiger partial charge >= 0.3 is 12.1 Å². The van der Waals surface area contributed by atoms with Crippen molar-refractivity contribution < 1.29 is 24.2 Å². The quantitative estimate of drug-likeness (QED) is 0.576. The van der Waals surface area contributed by atoms with Crippen molar-refractivity contribution in [2.75, 3.05) is 6.61 Å². The van der Waals surface area contributed by atoms with E-state index in [-0.39, 0.29) is 30.4 Å². The van der Waals surface area contributed by atoms with E-state index in [0.29, 0.717) is 12.8 Å². The Morgan fingerprint density at radius 2 is 1.59 bits per heavy atom. The maximum absolute atomic E-state index is 13.0. The molecule has 0 spiro atoms. The minimum atomic E-state index is -0.811. The first-order valence-electron chi connectivity index (χ1n) is 12.2. The summed E-state index contributed by atoms with van der Waals surface area (Å²) in [5.74, 6) is -1.42. The van der Waals surface area contributed by atoms with Gasteiger partial charge in [0.05, 0.1) is 5.92 Å². The van der Waals surface area contributed by atoms with Gasteiger partial charge in [-0.05, 0) is 60.3 Å². The molecule has 5 rings (SSSR count). The van der Waals surface area contributed by atoms with Crippen LogP contribution in [0, 0.1) is 11.8 Å². The number of amides is 2. The number of carboxylic acids is 1. The van der Waals surface area contributed by atoms with Crippen LogP contribution in [0.4, 0.5) is 4.79 Å². The molecule has 7 heteroatoms. The largest absolute Gasteiger partial charge is 0.481 e. The van der Waals surface area contributed by atoms with Gasteiger partial charge in [0, 0.05) is 12.0 Å². The summed E-state index contributed by atoms with van der Waals surface area (Å²) in [5.41, 5.74) is 4.60. The predicted molar refractivity (Wildman–Crippen MR) is 126 cm³/mol. The highest BCUT2D eigenvalue weighted by atomic mass is 16.5. The van der Waals surface area contributed by atoms with Crippen molar-refractivity contribution in [1.29, 1.82) is 0 Å². The Bertz CT molecular complexity index is 1050. The maximum atomic E-state index is 13.0. The van der Waals surface area contributed by atoms with E-state index in [1.807, 2.05) is 24.3 Å². The van der Waals surface area contributed by atoms with Crippen LogP contribution in [-0.2, 0) is 14.3 Å². The summed E-state index contributed by atoms with van der Waals surface area (Å²) < 4.78 is 5.63. The molecule has 7 nitrogen and oxygen atoms in total. The number of carboxylic acid groups (broad SMARTS) is 1. The average Bonchev–Trinajstić information content (AvgIpc) is 3.64. The maximum Gasteiger partial charge on any atom is 0.407 e. The van der Waals surface area contributed by atoms with Crippen molar-refractivity contribution in [3.8, 4) is 11.1 Å². The van der Waals surface area contributed by atoms with E-state index in [4.69, 9.17) is 4.74 Å². The fraction of sp³-hybridized carbons (Fsp3) is 0.444. The van der Waals surface area contributed by atoms with Crippen LogP contribution in [0.5, 0.6) is 0 Å². The van der Waals surface area contributed by atoms with Crippen LogP contribution in [-0.4, -0.2) is 41.8 Å². The average molecular weight is 463 g/mol. The smallest absolute Gasteiger partial charge is 0.407 e. The van der Waals surface area contributed by atoms with Crippen LogP contribution in [0.15, 0.2) is 48.5 Å². The van der Waals surface area contributed by atoms with Crippen LogP contribution in [0.3, 0.4) is 0 Å². The second-order valence-corrected chi connectivity index (χ2v) is 9.69. The number of hydrogen-bond acceptors (Lipinski definition) is 4. The van der Waals surface area contributed by atoms with E-state index in [1.54, 1.807) is 0 Å². The summed E-state index contributed by atoms with van der Waals surface area (Å²) in [6.07, 6.45) is 3.78. The zero-order valence-corrected chi connectivity index (χ0v) is 19.0. The Morgan fingerprint density at radius 3 is 2.21 bits per heavy atom. The summed E-state index contributed by atoms with van der Waals surface area (Å²) in [6, 6.07) is 15.5. The first-order valence-corrected chi connectivity index (χ1v) is 12.2. The number of benzene rings is 2. The Kier molecular flexibility index (Phi) is 6.26. The van der Waals surface area contributed by atoms with Crippen molar-refractivity contribution in [1.82, 2.24) is 10.6 Å². The lowest BCUT2D eigenvalue weighted by molar-refractivity contribution is -0.143. The van der Waals surface area contributed by atoms with Crippen molar-refractivity contribution in [2.24, 2.45) is 11.8 Å². The zero-order chi connectivity index (χ0) is 23.7. The lowest BCUT2D eigenvalue weighted by atomic mass is 9.85. The molecule has 2 saturated carbocycles. The number of carbonyl (C=O) groups is 3. The standard InChI is InChI=1S/C27H30N2O5/c30-25(28-18-7-5-6-17(14-18)26(31)32)24(16-12-13-16)29-27(33)34-15-23-21-10-3-1-8-19(21)20-9-2-4-11-22(20)23/h1-4,8-11,16-18,23-24H,5-7,12-15H2,(H,28,30)(H,29,33)(H,31,32)/t17-,18-,24?/m1/s1. The minimum Gasteiger partial charge on any atom is -0.481 e.